The molecule has 0 saturated heterocycles. The Kier molecular flexibility index (Phi) is 3.45. The summed E-state index contributed by atoms with van der Waals surface area (Å²) in [6, 6.07) is 1.90. The van der Waals surface area contributed by atoms with Crippen molar-refractivity contribution >= 4 is 17.3 Å². The van der Waals surface area contributed by atoms with Gasteiger partial charge in [0.25, 0.3) is 0 Å². The standard InChI is InChI=1S/C13H16F2O2S/c1-2-9-3-8-18-10(9)12(11(16)17)4-6-13(14,15)7-5-12/h3,8H,2,4-7H2,1H3,(H,16,17). The number of aliphatic carboxylic acids is 1. The Morgan fingerprint density at radius 1 is 1.39 bits per heavy atom. The fourth-order valence-electron chi connectivity index (χ4n) is 2.61. The maximum Gasteiger partial charge on any atom is 0.314 e. The van der Waals surface area contributed by atoms with Crippen LogP contribution in [0.25, 0.3) is 0 Å². The molecule has 1 aromatic rings. The fraction of sp³-hybridized carbons (Fsp3) is 0.615. The number of rotatable bonds is 3. The Hall–Kier alpha value is -0.970. The third-order valence-electron chi connectivity index (χ3n) is 3.81. The molecule has 2 rings (SSSR count). The van der Waals surface area contributed by atoms with E-state index in [9.17, 15) is 18.7 Å². The third-order valence-corrected chi connectivity index (χ3v) is 4.97. The highest BCUT2D eigenvalue weighted by atomic mass is 32.1. The summed E-state index contributed by atoms with van der Waals surface area (Å²) in [5, 5.41) is 11.4. The molecule has 2 nitrogen and oxygen atoms in total. The van der Waals surface area contributed by atoms with E-state index in [0.29, 0.717) is 0 Å². The minimum Gasteiger partial charge on any atom is -0.481 e. The Labute approximate surface area is 109 Å². The summed E-state index contributed by atoms with van der Waals surface area (Å²) in [4.78, 5) is 12.4. The van der Waals surface area contributed by atoms with Crippen molar-refractivity contribution in [3.8, 4) is 0 Å². The number of aryl methyl sites for hydroxylation is 1. The summed E-state index contributed by atoms with van der Waals surface area (Å²) < 4.78 is 26.5. The molecule has 5 heteroatoms. The first-order chi connectivity index (χ1) is 8.41. The molecule has 0 bridgehead atoms. The Morgan fingerprint density at radius 3 is 2.50 bits per heavy atom. The topological polar surface area (TPSA) is 37.3 Å². The maximum absolute atomic E-state index is 13.2. The van der Waals surface area contributed by atoms with Crippen LogP contribution in [0.5, 0.6) is 0 Å². The average Bonchev–Trinajstić information content (AvgIpc) is 2.77. The van der Waals surface area contributed by atoms with Crippen molar-refractivity contribution in [2.75, 3.05) is 0 Å². The summed E-state index contributed by atoms with van der Waals surface area (Å²) in [5.74, 6) is -3.67. The van der Waals surface area contributed by atoms with Crippen molar-refractivity contribution in [2.24, 2.45) is 0 Å². The molecule has 0 aliphatic heterocycles. The lowest BCUT2D eigenvalue weighted by atomic mass is 9.70. The van der Waals surface area contributed by atoms with Gasteiger partial charge in [-0.05, 0) is 36.3 Å². The second kappa shape index (κ2) is 4.61. The van der Waals surface area contributed by atoms with Crippen molar-refractivity contribution in [1.29, 1.82) is 0 Å². The number of alkyl halides is 2. The van der Waals surface area contributed by atoms with E-state index < -0.39 is 17.3 Å². The van der Waals surface area contributed by atoms with Crippen LogP contribution in [0.2, 0.25) is 0 Å². The van der Waals surface area contributed by atoms with Gasteiger partial charge in [-0.1, -0.05) is 6.92 Å². The molecule has 1 heterocycles. The molecule has 1 fully saturated rings. The van der Waals surface area contributed by atoms with Gasteiger partial charge in [-0.25, -0.2) is 8.78 Å². The molecule has 0 atom stereocenters. The zero-order valence-corrected chi connectivity index (χ0v) is 11.0. The van der Waals surface area contributed by atoms with Gasteiger partial charge in [-0.3, -0.25) is 4.79 Å². The molecule has 0 amide bonds. The number of carboxylic acid groups (broad SMARTS) is 1. The van der Waals surface area contributed by atoms with Gasteiger partial charge in [0.2, 0.25) is 5.92 Å². The quantitative estimate of drug-likeness (QED) is 0.909. The number of carboxylic acids is 1. The van der Waals surface area contributed by atoms with Crippen LogP contribution in [0.1, 0.15) is 43.0 Å². The molecule has 18 heavy (non-hydrogen) atoms. The molecular weight excluding hydrogens is 258 g/mol. The van der Waals surface area contributed by atoms with Crippen LogP contribution in [0.15, 0.2) is 11.4 Å². The third kappa shape index (κ3) is 2.16. The maximum atomic E-state index is 13.2. The van der Waals surface area contributed by atoms with Gasteiger partial charge in [0, 0.05) is 17.7 Å². The van der Waals surface area contributed by atoms with E-state index in [2.05, 4.69) is 0 Å². The molecule has 100 valence electrons. The molecular formula is C13H16F2O2S. The van der Waals surface area contributed by atoms with E-state index in [1.807, 2.05) is 18.4 Å². The van der Waals surface area contributed by atoms with Crippen molar-refractivity contribution in [2.45, 2.75) is 50.4 Å². The number of halogens is 2. The molecule has 1 aromatic heterocycles. The summed E-state index contributed by atoms with van der Waals surface area (Å²) >= 11 is 1.38. The van der Waals surface area contributed by atoms with Crippen LogP contribution >= 0.6 is 11.3 Å². The van der Waals surface area contributed by atoms with E-state index in [1.54, 1.807) is 0 Å². The molecule has 0 aromatic carbocycles. The highest BCUT2D eigenvalue weighted by Crippen LogP contribution is 2.48. The highest BCUT2D eigenvalue weighted by Gasteiger charge is 2.50. The first kappa shape index (κ1) is 13.5. The van der Waals surface area contributed by atoms with Crippen LogP contribution in [0.3, 0.4) is 0 Å². The molecule has 1 aliphatic carbocycles. The first-order valence-corrected chi connectivity index (χ1v) is 6.97. The van der Waals surface area contributed by atoms with Gasteiger partial charge in [-0.2, -0.15) is 0 Å². The van der Waals surface area contributed by atoms with E-state index in [4.69, 9.17) is 0 Å². The lowest BCUT2D eigenvalue weighted by Crippen LogP contribution is -2.42. The summed E-state index contributed by atoms with van der Waals surface area (Å²) in [5.41, 5.74) is -0.117. The van der Waals surface area contributed by atoms with Crippen LogP contribution in [0, 0.1) is 0 Å². The van der Waals surface area contributed by atoms with Crippen LogP contribution in [-0.4, -0.2) is 17.0 Å². The lowest BCUT2D eigenvalue weighted by molar-refractivity contribution is -0.149. The summed E-state index contributed by atoms with van der Waals surface area (Å²) in [6.07, 6.45) is 0.136. The zero-order valence-electron chi connectivity index (χ0n) is 10.2. The van der Waals surface area contributed by atoms with Crippen molar-refractivity contribution in [1.82, 2.24) is 0 Å². The number of carbonyl (C=O) groups is 1. The van der Waals surface area contributed by atoms with Gasteiger partial charge >= 0.3 is 5.97 Å². The van der Waals surface area contributed by atoms with E-state index >= 15 is 0 Å². The second-order valence-electron chi connectivity index (χ2n) is 4.87. The van der Waals surface area contributed by atoms with E-state index in [0.717, 1.165) is 16.9 Å². The molecule has 1 saturated carbocycles. The largest absolute Gasteiger partial charge is 0.481 e. The highest BCUT2D eigenvalue weighted by molar-refractivity contribution is 7.10. The monoisotopic (exact) mass is 274 g/mol. The van der Waals surface area contributed by atoms with Crippen LogP contribution in [0.4, 0.5) is 8.78 Å². The van der Waals surface area contributed by atoms with Gasteiger partial charge in [0.05, 0.1) is 0 Å². The predicted molar refractivity (Wildman–Crippen MR) is 66.4 cm³/mol. The Balaban J connectivity index is 2.38. The van der Waals surface area contributed by atoms with Gasteiger partial charge in [-0.15, -0.1) is 11.3 Å². The van der Waals surface area contributed by atoms with Gasteiger partial charge in [0.1, 0.15) is 5.41 Å². The van der Waals surface area contributed by atoms with E-state index in [-0.39, 0.29) is 25.7 Å². The summed E-state index contributed by atoms with van der Waals surface area (Å²) in [6.45, 7) is 1.96. The second-order valence-corrected chi connectivity index (χ2v) is 5.79. The minimum absolute atomic E-state index is 0.0306. The number of hydrogen-bond acceptors (Lipinski definition) is 2. The van der Waals surface area contributed by atoms with Gasteiger partial charge < -0.3 is 5.11 Å². The van der Waals surface area contributed by atoms with Crippen molar-refractivity contribution in [3.63, 3.8) is 0 Å². The first-order valence-electron chi connectivity index (χ1n) is 6.09. The number of hydrogen-bond donors (Lipinski definition) is 1. The predicted octanol–water partition coefficient (Wildman–Crippen LogP) is 3.84. The summed E-state index contributed by atoms with van der Waals surface area (Å²) in [7, 11) is 0. The molecule has 0 radical (unpaired) electrons. The van der Waals surface area contributed by atoms with Gasteiger partial charge in [0.15, 0.2) is 0 Å². The molecule has 0 unspecified atom stereocenters. The fourth-order valence-corrected chi connectivity index (χ4v) is 3.86. The Bertz CT molecular complexity index is 444. The minimum atomic E-state index is -2.71. The number of thiophene rings is 1. The normalized spacial score (nSPS) is 21.7. The molecule has 0 spiro atoms. The Morgan fingerprint density at radius 2 is 2.00 bits per heavy atom. The zero-order chi connectivity index (χ0) is 13.4. The smallest absolute Gasteiger partial charge is 0.314 e. The van der Waals surface area contributed by atoms with Crippen LogP contribution < -0.4 is 0 Å². The molecule has 1 aliphatic rings. The molecule has 1 N–H and O–H groups in total. The van der Waals surface area contributed by atoms with Crippen molar-refractivity contribution in [3.05, 3.63) is 21.9 Å². The lowest BCUT2D eigenvalue weighted by Gasteiger charge is -2.36. The van der Waals surface area contributed by atoms with Crippen LogP contribution in [-0.2, 0) is 16.6 Å². The SMILES string of the molecule is CCc1ccsc1C1(C(=O)O)CCC(F)(F)CC1. The van der Waals surface area contributed by atoms with E-state index in [1.165, 1.54) is 11.3 Å². The van der Waals surface area contributed by atoms with Crippen molar-refractivity contribution < 1.29 is 18.7 Å². The average molecular weight is 274 g/mol.